The van der Waals surface area contributed by atoms with E-state index in [0.29, 0.717) is 0 Å². The summed E-state index contributed by atoms with van der Waals surface area (Å²) in [5.74, 6) is -2.92. The molecule has 1 rings (SSSR count). The zero-order valence-electron chi connectivity index (χ0n) is 9.50. The minimum absolute atomic E-state index is 0.0567. The van der Waals surface area contributed by atoms with Gasteiger partial charge in [0, 0.05) is 5.56 Å². The maximum atomic E-state index is 12.2. The Morgan fingerprint density at radius 1 is 1.17 bits per heavy atom. The van der Waals surface area contributed by atoms with E-state index in [1.807, 2.05) is 0 Å². The molecule has 0 aliphatic rings. The van der Waals surface area contributed by atoms with Crippen LogP contribution in [0.4, 0.5) is 13.2 Å². The molecule has 1 aromatic rings. The number of methoxy groups -OCH3 is 2. The molecule has 0 aliphatic carbocycles. The third kappa shape index (κ3) is 2.79. The highest BCUT2D eigenvalue weighted by molar-refractivity contribution is 6.02. The van der Waals surface area contributed by atoms with Crippen LogP contribution in [-0.4, -0.2) is 32.1 Å². The van der Waals surface area contributed by atoms with E-state index in [9.17, 15) is 22.8 Å². The summed E-state index contributed by atoms with van der Waals surface area (Å²) < 4.78 is 45.8. The molecule has 0 unspecified atom stereocenters. The zero-order chi connectivity index (χ0) is 13.9. The van der Waals surface area contributed by atoms with Crippen LogP contribution in [0.2, 0.25) is 0 Å². The smallest absolute Gasteiger partial charge is 0.454 e. The first kappa shape index (κ1) is 14.0. The molecule has 0 amide bonds. The molecule has 0 N–H and O–H groups in total. The van der Waals surface area contributed by atoms with Gasteiger partial charge in [0.1, 0.15) is 11.3 Å². The van der Waals surface area contributed by atoms with E-state index in [4.69, 9.17) is 4.74 Å². The van der Waals surface area contributed by atoms with Crippen LogP contribution in [0.15, 0.2) is 18.2 Å². The van der Waals surface area contributed by atoms with Gasteiger partial charge >= 0.3 is 12.1 Å². The summed E-state index contributed by atoms with van der Waals surface area (Å²) in [7, 11) is 2.29. The highest BCUT2D eigenvalue weighted by Crippen LogP contribution is 2.26. The maximum absolute atomic E-state index is 12.2. The van der Waals surface area contributed by atoms with E-state index in [2.05, 4.69) is 4.74 Å². The lowest BCUT2D eigenvalue weighted by Gasteiger charge is -2.10. The largest absolute Gasteiger partial charge is 0.496 e. The van der Waals surface area contributed by atoms with E-state index in [0.717, 1.165) is 25.3 Å². The number of alkyl halides is 3. The Balaban J connectivity index is 3.22. The number of ether oxygens (including phenoxy) is 2. The van der Waals surface area contributed by atoms with Crippen molar-refractivity contribution in [2.75, 3.05) is 14.2 Å². The number of ketones is 1. The first-order valence-corrected chi connectivity index (χ1v) is 4.69. The summed E-state index contributed by atoms with van der Waals surface area (Å²) in [5.41, 5.74) is -0.661. The van der Waals surface area contributed by atoms with Crippen LogP contribution in [0.25, 0.3) is 0 Å². The molecule has 0 saturated heterocycles. The van der Waals surface area contributed by atoms with Crippen molar-refractivity contribution in [1.82, 2.24) is 0 Å². The number of carbonyl (C=O) groups excluding carboxylic acids is 2. The molecule has 7 heteroatoms. The van der Waals surface area contributed by atoms with Gasteiger partial charge in [-0.25, -0.2) is 4.79 Å². The second kappa shape index (κ2) is 5.07. The zero-order valence-corrected chi connectivity index (χ0v) is 9.50. The Kier molecular flexibility index (Phi) is 3.95. The predicted octanol–water partition coefficient (Wildman–Crippen LogP) is 2.23. The van der Waals surface area contributed by atoms with Gasteiger partial charge in [-0.3, -0.25) is 4.79 Å². The summed E-state index contributed by atoms with van der Waals surface area (Å²) in [6.07, 6.45) is -4.97. The number of halogens is 3. The summed E-state index contributed by atoms with van der Waals surface area (Å²) in [6.45, 7) is 0. The Morgan fingerprint density at radius 3 is 2.22 bits per heavy atom. The molecule has 18 heavy (non-hydrogen) atoms. The van der Waals surface area contributed by atoms with Gasteiger partial charge in [0.05, 0.1) is 14.2 Å². The number of rotatable bonds is 3. The van der Waals surface area contributed by atoms with Crippen molar-refractivity contribution in [2.24, 2.45) is 0 Å². The Bertz CT molecular complexity index is 480. The fourth-order valence-corrected chi connectivity index (χ4v) is 1.27. The topological polar surface area (TPSA) is 52.6 Å². The number of esters is 1. The Hall–Kier alpha value is -2.05. The van der Waals surface area contributed by atoms with Crippen LogP contribution in [0.3, 0.4) is 0 Å². The predicted molar refractivity (Wildman–Crippen MR) is 54.7 cm³/mol. The lowest BCUT2D eigenvalue weighted by molar-refractivity contribution is -0.0885. The van der Waals surface area contributed by atoms with E-state index in [1.54, 1.807) is 0 Å². The van der Waals surface area contributed by atoms with Gasteiger partial charge in [-0.1, -0.05) is 0 Å². The number of benzene rings is 1. The van der Waals surface area contributed by atoms with Crippen LogP contribution < -0.4 is 4.74 Å². The van der Waals surface area contributed by atoms with Crippen LogP contribution in [0.5, 0.6) is 5.75 Å². The first-order chi connectivity index (χ1) is 8.31. The summed E-state index contributed by atoms with van der Waals surface area (Å²) in [5, 5.41) is 0. The fourth-order valence-electron chi connectivity index (χ4n) is 1.27. The lowest BCUT2D eigenvalue weighted by atomic mass is 10.1. The van der Waals surface area contributed by atoms with Crippen molar-refractivity contribution in [3.05, 3.63) is 29.3 Å². The van der Waals surface area contributed by atoms with Gasteiger partial charge in [-0.15, -0.1) is 0 Å². The third-order valence-corrected chi connectivity index (χ3v) is 2.13. The molecule has 1 aromatic carbocycles. The van der Waals surface area contributed by atoms with Crippen molar-refractivity contribution in [1.29, 1.82) is 0 Å². The van der Waals surface area contributed by atoms with E-state index >= 15 is 0 Å². The van der Waals surface area contributed by atoms with Crippen molar-refractivity contribution in [3.8, 4) is 5.75 Å². The van der Waals surface area contributed by atoms with Gasteiger partial charge < -0.3 is 9.47 Å². The minimum atomic E-state index is -4.97. The summed E-state index contributed by atoms with van der Waals surface area (Å²) >= 11 is 0. The second-order valence-corrected chi connectivity index (χ2v) is 3.23. The van der Waals surface area contributed by atoms with Crippen LogP contribution >= 0.6 is 0 Å². The van der Waals surface area contributed by atoms with E-state index in [1.165, 1.54) is 7.11 Å². The third-order valence-electron chi connectivity index (χ3n) is 2.13. The highest BCUT2D eigenvalue weighted by atomic mass is 19.4. The normalized spacial score (nSPS) is 10.9. The molecule has 0 aromatic heterocycles. The van der Waals surface area contributed by atoms with E-state index < -0.39 is 23.5 Å². The first-order valence-electron chi connectivity index (χ1n) is 4.69. The quantitative estimate of drug-likeness (QED) is 0.619. The number of hydrogen-bond acceptors (Lipinski definition) is 4. The van der Waals surface area contributed by atoms with Crippen molar-refractivity contribution in [3.63, 3.8) is 0 Å². The molecular weight excluding hydrogens is 253 g/mol. The molecule has 0 fully saturated rings. The number of Topliss-reactive ketones (excluding diaryl/α,β-unsaturated/α-hetero) is 1. The highest BCUT2D eigenvalue weighted by Gasteiger charge is 2.39. The lowest BCUT2D eigenvalue weighted by Crippen LogP contribution is -2.22. The standard InChI is InChI=1S/C11H9F3O4/c1-17-8-5-6(9(15)11(12,13)14)3-4-7(8)10(16)18-2/h3-5H,1-2H3. The van der Waals surface area contributed by atoms with Crippen LogP contribution in [0.1, 0.15) is 20.7 Å². The average Bonchev–Trinajstić information content (AvgIpc) is 2.35. The molecule has 0 saturated carbocycles. The van der Waals surface area contributed by atoms with Crippen LogP contribution in [0, 0.1) is 0 Å². The molecule has 0 aliphatic heterocycles. The summed E-state index contributed by atoms with van der Waals surface area (Å²) in [4.78, 5) is 22.3. The van der Waals surface area contributed by atoms with E-state index in [-0.39, 0.29) is 11.3 Å². The van der Waals surface area contributed by atoms with Gasteiger partial charge in [0.25, 0.3) is 5.78 Å². The van der Waals surface area contributed by atoms with Crippen molar-refractivity contribution < 1.29 is 32.2 Å². The Labute approximate surface area is 100 Å². The molecule has 0 bridgehead atoms. The number of hydrogen-bond donors (Lipinski definition) is 0. The molecule has 98 valence electrons. The molecule has 4 nitrogen and oxygen atoms in total. The van der Waals surface area contributed by atoms with Gasteiger partial charge in [-0.05, 0) is 18.2 Å². The molecule has 0 heterocycles. The van der Waals surface area contributed by atoms with Crippen molar-refractivity contribution in [2.45, 2.75) is 6.18 Å². The fraction of sp³-hybridized carbons (Fsp3) is 0.273. The van der Waals surface area contributed by atoms with Gasteiger partial charge in [0.15, 0.2) is 0 Å². The molecule has 0 atom stereocenters. The average molecular weight is 262 g/mol. The molecule has 0 spiro atoms. The van der Waals surface area contributed by atoms with Crippen LogP contribution in [-0.2, 0) is 4.74 Å². The Morgan fingerprint density at radius 2 is 1.78 bits per heavy atom. The molecule has 0 radical (unpaired) electrons. The monoisotopic (exact) mass is 262 g/mol. The molecular formula is C11H9F3O4. The summed E-state index contributed by atoms with van der Waals surface area (Å²) in [6, 6.07) is 2.79. The number of carbonyl (C=O) groups is 2. The SMILES string of the molecule is COC(=O)c1ccc(C(=O)C(F)(F)F)cc1OC. The maximum Gasteiger partial charge on any atom is 0.454 e. The van der Waals surface area contributed by atoms with Gasteiger partial charge in [0.2, 0.25) is 0 Å². The second-order valence-electron chi connectivity index (χ2n) is 3.23. The minimum Gasteiger partial charge on any atom is -0.496 e. The van der Waals surface area contributed by atoms with Gasteiger partial charge in [-0.2, -0.15) is 13.2 Å². The van der Waals surface area contributed by atoms with Crippen molar-refractivity contribution >= 4 is 11.8 Å².